The molecule has 0 saturated carbocycles. The molecule has 0 aromatic heterocycles. The lowest BCUT2D eigenvalue weighted by molar-refractivity contribution is -0.140. The Morgan fingerprint density at radius 3 is 2.17 bits per heavy atom. The van der Waals surface area contributed by atoms with Gasteiger partial charge in [0.15, 0.2) is 0 Å². The lowest BCUT2D eigenvalue weighted by Gasteiger charge is -2.34. The van der Waals surface area contributed by atoms with Crippen molar-refractivity contribution < 1.29 is 9.59 Å². The van der Waals surface area contributed by atoms with Crippen LogP contribution in [0.15, 0.2) is 78.9 Å². The van der Waals surface area contributed by atoms with Crippen molar-refractivity contribution in [2.24, 2.45) is 0 Å². The molecule has 0 aliphatic rings. The lowest BCUT2D eigenvalue weighted by atomic mass is 10.00. The van der Waals surface area contributed by atoms with Crippen molar-refractivity contribution in [1.82, 2.24) is 10.2 Å². The van der Waals surface area contributed by atoms with Gasteiger partial charge in [0.1, 0.15) is 6.04 Å². The number of nitrogens with one attached hydrogen (secondary N) is 1. The third-order valence-electron chi connectivity index (χ3n) is 5.81. The summed E-state index contributed by atoms with van der Waals surface area (Å²) >= 11 is 7.82. The molecule has 6 heteroatoms. The molecule has 2 amide bonds. The zero-order chi connectivity index (χ0) is 26.1. The number of rotatable bonds is 10. The zero-order valence-corrected chi connectivity index (χ0v) is 23.0. The molecule has 1 N–H and O–H groups in total. The molecular weight excluding hydrogens is 488 g/mol. The maximum atomic E-state index is 13.7. The molecule has 0 heterocycles. The Hall–Kier alpha value is -2.76. The van der Waals surface area contributed by atoms with E-state index in [9.17, 15) is 9.59 Å². The van der Waals surface area contributed by atoms with Crippen LogP contribution in [-0.4, -0.2) is 34.0 Å². The Morgan fingerprint density at radius 2 is 1.53 bits per heavy atom. The summed E-state index contributed by atoms with van der Waals surface area (Å²) in [6, 6.07) is 24.9. The largest absolute Gasteiger partial charge is 0.350 e. The third-order valence-corrected chi connectivity index (χ3v) is 7.15. The number of nitrogens with zero attached hydrogens (tertiary/aromatic N) is 1. The second-order valence-corrected chi connectivity index (χ2v) is 11.4. The number of hydrogen-bond acceptors (Lipinski definition) is 3. The molecule has 0 bridgehead atoms. The molecule has 3 aromatic carbocycles. The standard InChI is InChI=1S/C30H35ClN2O2S/c1-22-12-8-9-15-24(22)19-33(28(34)21-36-20-25-16-10-11-17-26(25)31)27(29(35)32-30(2,3)4)18-23-13-6-5-7-14-23/h5-17,27H,18-21H2,1-4H3,(H,32,35)/t27-/m1/s1. The molecule has 4 nitrogen and oxygen atoms in total. The van der Waals surface area contributed by atoms with E-state index in [0.717, 1.165) is 22.3 Å². The first kappa shape index (κ1) is 27.8. The van der Waals surface area contributed by atoms with Crippen molar-refractivity contribution in [3.05, 3.63) is 106 Å². The Bertz CT molecular complexity index is 1160. The molecule has 190 valence electrons. The molecule has 1 atom stereocenters. The molecule has 0 fully saturated rings. The van der Waals surface area contributed by atoms with Crippen LogP contribution >= 0.6 is 23.4 Å². The zero-order valence-electron chi connectivity index (χ0n) is 21.5. The van der Waals surface area contributed by atoms with Crippen LogP contribution in [0.5, 0.6) is 0 Å². The van der Waals surface area contributed by atoms with Crippen LogP contribution in [-0.2, 0) is 28.3 Å². The maximum Gasteiger partial charge on any atom is 0.243 e. The number of aryl methyl sites for hydroxylation is 1. The van der Waals surface area contributed by atoms with Crippen LogP contribution in [0, 0.1) is 6.92 Å². The number of hydrogen-bond donors (Lipinski definition) is 1. The summed E-state index contributed by atoms with van der Waals surface area (Å²) in [5, 5.41) is 3.80. The summed E-state index contributed by atoms with van der Waals surface area (Å²) in [4.78, 5) is 29.1. The van der Waals surface area contributed by atoms with E-state index in [-0.39, 0.29) is 17.6 Å². The van der Waals surface area contributed by atoms with Gasteiger partial charge in [0, 0.05) is 29.3 Å². The SMILES string of the molecule is Cc1ccccc1CN(C(=O)CSCc1ccccc1Cl)[C@H](Cc1ccccc1)C(=O)NC(C)(C)C. The molecular formula is C30H35ClN2O2S. The van der Waals surface area contributed by atoms with Crippen molar-refractivity contribution in [1.29, 1.82) is 0 Å². The average Bonchev–Trinajstić information content (AvgIpc) is 2.83. The lowest BCUT2D eigenvalue weighted by Crippen LogP contribution is -2.54. The van der Waals surface area contributed by atoms with Gasteiger partial charge in [-0.05, 0) is 56.0 Å². The second-order valence-electron chi connectivity index (χ2n) is 9.98. The fourth-order valence-electron chi connectivity index (χ4n) is 3.92. The van der Waals surface area contributed by atoms with Crippen molar-refractivity contribution in [2.45, 2.75) is 58.0 Å². The Morgan fingerprint density at radius 1 is 0.917 bits per heavy atom. The highest BCUT2D eigenvalue weighted by Crippen LogP contribution is 2.23. The highest BCUT2D eigenvalue weighted by molar-refractivity contribution is 7.99. The van der Waals surface area contributed by atoms with E-state index in [1.54, 1.807) is 4.90 Å². The van der Waals surface area contributed by atoms with Crippen LogP contribution in [0.25, 0.3) is 0 Å². The molecule has 0 spiro atoms. The fraction of sp³-hybridized carbons (Fsp3) is 0.333. The molecule has 0 unspecified atom stereocenters. The van der Waals surface area contributed by atoms with Crippen LogP contribution in [0.3, 0.4) is 0 Å². The van der Waals surface area contributed by atoms with Gasteiger partial charge in [-0.2, -0.15) is 0 Å². The summed E-state index contributed by atoms with van der Waals surface area (Å²) in [5.41, 5.74) is 3.71. The van der Waals surface area contributed by atoms with Crippen LogP contribution in [0.2, 0.25) is 5.02 Å². The van der Waals surface area contributed by atoms with Gasteiger partial charge >= 0.3 is 0 Å². The van der Waals surface area contributed by atoms with Gasteiger partial charge in [-0.15, -0.1) is 11.8 Å². The summed E-state index contributed by atoms with van der Waals surface area (Å²) in [6.45, 7) is 8.27. The normalized spacial score (nSPS) is 12.1. The van der Waals surface area contributed by atoms with Gasteiger partial charge in [0.05, 0.1) is 5.75 Å². The third kappa shape index (κ3) is 8.42. The van der Waals surface area contributed by atoms with E-state index in [0.29, 0.717) is 23.7 Å². The van der Waals surface area contributed by atoms with Crippen LogP contribution in [0.1, 0.15) is 43.0 Å². The Kier molecular flexibility index (Phi) is 10.0. The quantitative estimate of drug-likeness (QED) is 0.333. The summed E-state index contributed by atoms with van der Waals surface area (Å²) < 4.78 is 0. The number of carbonyl (C=O) groups is 2. The van der Waals surface area contributed by atoms with Gasteiger partial charge in [0.25, 0.3) is 0 Å². The van der Waals surface area contributed by atoms with Crippen molar-refractivity contribution in [3.63, 3.8) is 0 Å². The number of carbonyl (C=O) groups excluding carboxylic acids is 2. The van der Waals surface area contributed by atoms with Gasteiger partial charge < -0.3 is 10.2 Å². The number of amides is 2. The molecule has 0 aliphatic heterocycles. The van der Waals surface area contributed by atoms with Gasteiger partial charge in [0.2, 0.25) is 11.8 Å². The topological polar surface area (TPSA) is 49.4 Å². The second kappa shape index (κ2) is 13.0. The van der Waals surface area contributed by atoms with Gasteiger partial charge in [-0.1, -0.05) is 84.4 Å². The predicted octanol–water partition coefficient (Wildman–Crippen LogP) is 6.44. The van der Waals surface area contributed by atoms with E-state index in [2.05, 4.69) is 5.32 Å². The minimum Gasteiger partial charge on any atom is -0.350 e. The highest BCUT2D eigenvalue weighted by Gasteiger charge is 2.32. The predicted molar refractivity (Wildman–Crippen MR) is 151 cm³/mol. The molecule has 0 saturated heterocycles. The first-order chi connectivity index (χ1) is 17.1. The number of benzene rings is 3. The van der Waals surface area contributed by atoms with E-state index >= 15 is 0 Å². The van der Waals surface area contributed by atoms with Gasteiger partial charge in [-0.25, -0.2) is 0 Å². The Labute approximate surface area is 224 Å². The molecule has 36 heavy (non-hydrogen) atoms. The summed E-state index contributed by atoms with van der Waals surface area (Å²) in [5.74, 6) is 0.663. The van der Waals surface area contributed by atoms with Crippen LogP contribution < -0.4 is 5.32 Å². The molecule has 0 aliphatic carbocycles. The fourth-order valence-corrected chi connectivity index (χ4v) is 5.12. The summed E-state index contributed by atoms with van der Waals surface area (Å²) in [7, 11) is 0. The smallest absolute Gasteiger partial charge is 0.243 e. The highest BCUT2D eigenvalue weighted by atomic mass is 35.5. The molecule has 0 radical (unpaired) electrons. The number of thioether (sulfide) groups is 1. The van der Waals surface area contributed by atoms with E-state index in [4.69, 9.17) is 11.6 Å². The van der Waals surface area contributed by atoms with E-state index in [1.807, 2.05) is 107 Å². The van der Waals surface area contributed by atoms with Crippen LogP contribution in [0.4, 0.5) is 0 Å². The van der Waals surface area contributed by atoms with Crippen molar-refractivity contribution >= 4 is 35.2 Å². The van der Waals surface area contributed by atoms with E-state index in [1.165, 1.54) is 11.8 Å². The first-order valence-electron chi connectivity index (χ1n) is 12.1. The molecule has 3 aromatic rings. The Balaban J connectivity index is 1.89. The average molecular weight is 523 g/mol. The maximum absolute atomic E-state index is 13.7. The first-order valence-corrected chi connectivity index (χ1v) is 13.7. The van der Waals surface area contributed by atoms with Crippen molar-refractivity contribution in [3.8, 4) is 0 Å². The summed E-state index contributed by atoms with van der Waals surface area (Å²) in [6.07, 6.45) is 0.440. The molecule has 3 rings (SSSR count). The minimum atomic E-state index is -0.639. The van der Waals surface area contributed by atoms with Crippen molar-refractivity contribution in [2.75, 3.05) is 5.75 Å². The number of halogens is 1. The monoisotopic (exact) mass is 522 g/mol. The van der Waals surface area contributed by atoms with E-state index < -0.39 is 11.6 Å². The van der Waals surface area contributed by atoms with Gasteiger partial charge in [-0.3, -0.25) is 9.59 Å². The minimum absolute atomic E-state index is 0.0692.